The maximum absolute atomic E-state index is 5.13. The first-order valence-electron chi connectivity index (χ1n) is 5.87. The van der Waals surface area contributed by atoms with Crippen LogP contribution in [-0.2, 0) is 4.74 Å². The van der Waals surface area contributed by atoms with E-state index in [1.165, 1.54) is 0 Å². The Balaban J connectivity index is 3.85. The summed E-state index contributed by atoms with van der Waals surface area (Å²) in [6.07, 6.45) is 1.09. The van der Waals surface area contributed by atoms with E-state index in [4.69, 9.17) is 4.74 Å². The van der Waals surface area contributed by atoms with Crippen molar-refractivity contribution in [3.8, 4) is 0 Å². The van der Waals surface area contributed by atoms with Crippen LogP contribution in [0.1, 0.15) is 27.2 Å². The SMILES string of the molecule is COCCC(NCC(C)N(C)C)C(C)C. The molecule has 1 N–H and O–H groups in total. The van der Waals surface area contributed by atoms with Crippen molar-refractivity contribution in [3.63, 3.8) is 0 Å². The summed E-state index contributed by atoms with van der Waals surface area (Å²) in [4.78, 5) is 2.24. The first-order chi connectivity index (χ1) is 6.99. The lowest BCUT2D eigenvalue weighted by molar-refractivity contribution is 0.170. The average Bonchev–Trinajstić information content (AvgIpc) is 2.16. The molecular formula is C12H28N2O. The topological polar surface area (TPSA) is 24.5 Å². The van der Waals surface area contributed by atoms with Crippen LogP contribution in [0.2, 0.25) is 0 Å². The standard InChI is InChI=1S/C12H28N2O/c1-10(2)12(7-8-15-6)13-9-11(3)14(4)5/h10-13H,7-9H2,1-6H3. The Kier molecular flexibility index (Phi) is 8.02. The van der Waals surface area contributed by atoms with Gasteiger partial charge >= 0.3 is 0 Å². The van der Waals surface area contributed by atoms with E-state index in [1.54, 1.807) is 7.11 Å². The summed E-state index contributed by atoms with van der Waals surface area (Å²) in [6, 6.07) is 1.14. The zero-order valence-electron chi connectivity index (χ0n) is 11.2. The van der Waals surface area contributed by atoms with Gasteiger partial charge in [-0.15, -0.1) is 0 Å². The van der Waals surface area contributed by atoms with Gasteiger partial charge in [-0.2, -0.15) is 0 Å². The fraction of sp³-hybridized carbons (Fsp3) is 1.00. The first kappa shape index (κ1) is 14.9. The third-order valence-electron chi connectivity index (χ3n) is 2.99. The summed E-state index contributed by atoms with van der Waals surface area (Å²) in [7, 11) is 6.00. The van der Waals surface area contributed by atoms with Crippen LogP contribution in [0.15, 0.2) is 0 Å². The van der Waals surface area contributed by atoms with Crippen LogP contribution in [-0.4, -0.2) is 51.3 Å². The number of likely N-dealkylation sites (N-methyl/N-ethyl adjacent to an activating group) is 1. The molecule has 0 saturated heterocycles. The van der Waals surface area contributed by atoms with Crippen LogP contribution >= 0.6 is 0 Å². The van der Waals surface area contributed by atoms with Crippen LogP contribution in [0.5, 0.6) is 0 Å². The number of nitrogens with one attached hydrogen (secondary N) is 1. The van der Waals surface area contributed by atoms with Gasteiger partial charge in [0.15, 0.2) is 0 Å². The predicted molar refractivity (Wildman–Crippen MR) is 66.3 cm³/mol. The molecule has 0 aliphatic rings. The molecule has 0 radical (unpaired) electrons. The average molecular weight is 216 g/mol. The highest BCUT2D eigenvalue weighted by atomic mass is 16.5. The fourth-order valence-corrected chi connectivity index (χ4v) is 1.42. The molecule has 92 valence electrons. The van der Waals surface area contributed by atoms with Gasteiger partial charge in [-0.3, -0.25) is 0 Å². The van der Waals surface area contributed by atoms with E-state index in [1.807, 2.05) is 0 Å². The van der Waals surface area contributed by atoms with Gasteiger partial charge in [0.05, 0.1) is 0 Å². The minimum atomic E-state index is 0.562. The molecule has 0 aliphatic heterocycles. The zero-order valence-corrected chi connectivity index (χ0v) is 11.2. The van der Waals surface area contributed by atoms with E-state index in [0.717, 1.165) is 19.6 Å². The molecule has 15 heavy (non-hydrogen) atoms. The molecule has 0 spiro atoms. The molecule has 0 amide bonds. The Morgan fingerprint density at radius 1 is 1.20 bits per heavy atom. The molecular weight excluding hydrogens is 188 g/mol. The van der Waals surface area contributed by atoms with Crippen molar-refractivity contribution in [1.29, 1.82) is 0 Å². The van der Waals surface area contributed by atoms with Gasteiger partial charge in [-0.25, -0.2) is 0 Å². The van der Waals surface area contributed by atoms with Gasteiger partial charge in [0.1, 0.15) is 0 Å². The van der Waals surface area contributed by atoms with Gasteiger partial charge < -0.3 is 15.0 Å². The Bertz CT molecular complexity index is 149. The molecule has 2 atom stereocenters. The molecule has 0 heterocycles. The minimum Gasteiger partial charge on any atom is -0.385 e. The second-order valence-electron chi connectivity index (χ2n) is 4.85. The monoisotopic (exact) mass is 216 g/mol. The molecule has 0 aromatic carbocycles. The molecule has 0 rings (SSSR count). The van der Waals surface area contributed by atoms with E-state index in [-0.39, 0.29) is 0 Å². The molecule has 3 nitrogen and oxygen atoms in total. The number of methoxy groups -OCH3 is 1. The van der Waals surface area contributed by atoms with Gasteiger partial charge in [-0.1, -0.05) is 13.8 Å². The Morgan fingerprint density at radius 3 is 2.20 bits per heavy atom. The summed E-state index contributed by atoms with van der Waals surface area (Å²) in [5, 5.41) is 3.61. The van der Waals surface area contributed by atoms with E-state index < -0.39 is 0 Å². The molecule has 0 aromatic heterocycles. The Hall–Kier alpha value is -0.120. The molecule has 0 saturated carbocycles. The molecule has 0 aliphatic carbocycles. The molecule has 0 bridgehead atoms. The van der Waals surface area contributed by atoms with Crippen LogP contribution in [0.25, 0.3) is 0 Å². The second-order valence-corrected chi connectivity index (χ2v) is 4.85. The Labute approximate surface area is 95.2 Å². The highest BCUT2D eigenvalue weighted by molar-refractivity contribution is 4.73. The van der Waals surface area contributed by atoms with Crippen molar-refractivity contribution in [2.75, 3.05) is 34.4 Å². The van der Waals surface area contributed by atoms with E-state index >= 15 is 0 Å². The van der Waals surface area contributed by atoms with E-state index in [9.17, 15) is 0 Å². The van der Waals surface area contributed by atoms with Crippen molar-refractivity contribution in [1.82, 2.24) is 10.2 Å². The lowest BCUT2D eigenvalue weighted by Gasteiger charge is -2.26. The minimum absolute atomic E-state index is 0.562. The summed E-state index contributed by atoms with van der Waals surface area (Å²) in [5.41, 5.74) is 0. The van der Waals surface area contributed by atoms with Crippen molar-refractivity contribution in [2.45, 2.75) is 39.3 Å². The van der Waals surface area contributed by atoms with Crippen LogP contribution in [0.4, 0.5) is 0 Å². The zero-order chi connectivity index (χ0) is 11.8. The molecule has 0 aromatic rings. The van der Waals surface area contributed by atoms with Gasteiger partial charge in [0, 0.05) is 32.3 Å². The third-order valence-corrected chi connectivity index (χ3v) is 2.99. The first-order valence-corrected chi connectivity index (χ1v) is 5.87. The fourth-order valence-electron chi connectivity index (χ4n) is 1.42. The molecule has 2 unspecified atom stereocenters. The highest BCUT2D eigenvalue weighted by Gasteiger charge is 2.14. The lowest BCUT2D eigenvalue weighted by Crippen LogP contribution is -2.43. The summed E-state index contributed by atoms with van der Waals surface area (Å²) in [6.45, 7) is 8.63. The van der Waals surface area contributed by atoms with Gasteiger partial charge in [-0.05, 0) is 33.4 Å². The van der Waals surface area contributed by atoms with E-state index in [0.29, 0.717) is 18.0 Å². The largest absolute Gasteiger partial charge is 0.385 e. The van der Waals surface area contributed by atoms with Crippen molar-refractivity contribution in [2.24, 2.45) is 5.92 Å². The number of rotatable bonds is 8. The van der Waals surface area contributed by atoms with Crippen LogP contribution in [0, 0.1) is 5.92 Å². The summed E-state index contributed by atoms with van der Waals surface area (Å²) >= 11 is 0. The van der Waals surface area contributed by atoms with E-state index in [2.05, 4.69) is 45.1 Å². The third kappa shape index (κ3) is 6.88. The maximum Gasteiger partial charge on any atom is 0.0477 e. The van der Waals surface area contributed by atoms with Crippen molar-refractivity contribution in [3.05, 3.63) is 0 Å². The normalized spacial score (nSPS) is 16.0. The second kappa shape index (κ2) is 8.08. The summed E-state index contributed by atoms with van der Waals surface area (Å²) < 4.78 is 5.13. The molecule has 0 fully saturated rings. The highest BCUT2D eigenvalue weighted by Crippen LogP contribution is 2.06. The van der Waals surface area contributed by atoms with Crippen molar-refractivity contribution >= 4 is 0 Å². The van der Waals surface area contributed by atoms with Gasteiger partial charge in [0.2, 0.25) is 0 Å². The van der Waals surface area contributed by atoms with Crippen LogP contribution in [0.3, 0.4) is 0 Å². The Morgan fingerprint density at radius 2 is 1.80 bits per heavy atom. The quantitative estimate of drug-likeness (QED) is 0.667. The number of hydrogen-bond acceptors (Lipinski definition) is 3. The van der Waals surface area contributed by atoms with Crippen LogP contribution < -0.4 is 5.32 Å². The molecule has 3 heteroatoms. The number of nitrogens with zero attached hydrogens (tertiary/aromatic N) is 1. The number of ether oxygens (including phenoxy) is 1. The van der Waals surface area contributed by atoms with Crippen molar-refractivity contribution < 1.29 is 4.74 Å². The lowest BCUT2D eigenvalue weighted by atomic mass is 10.0. The number of hydrogen-bond donors (Lipinski definition) is 1. The smallest absolute Gasteiger partial charge is 0.0477 e. The predicted octanol–water partition coefficient (Wildman–Crippen LogP) is 1.59. The summed E-state index contributed by atoms with van der Waals surface area (Å²) in [5.74, 6) is 0.662. The van der Waals surface area contributed by atoms with Gasteiger partial charge in [0.25, 0.3) is 0 Å². The maximum atomic E-state index is 5.13.